The van der Waals surface area contributed by atoms with Crippen molar-refractivity contribution in [2.75, 3.05) is 33.5 Å². The maximum absolute atomic E-state index is 5.69. The summed E-state index contributed by atoms with van der Waals surface area (Å²) in [4.78, 5) is 0. The van der Waals surface area contributed by atoms with E-state index in [0.29, 0.717) is 19.8 Å². The van der Waals surface area contributed by atoms with Crippen molar-refractivity contribution in [2.45, 2.75) is 32.7 Å². The van der Waals surface area contributed by atoms with E-state index < -0.39 is 0 Å². The largest absolute Gasteiger partial charge is 0.379 e. The van der Waals surface area contributed by atoms with Gasteiger partial charge in [0, 0.05) is 6.61 Å². The molecule has 0 aliphatic rings. The summed E-state index contributed by atoms with van der Waals surface area (Å²) in [6, 6.07) is 8.66. The smallest absolute Gasteiger partial charge is 0.0701 e. The molecule has 0 amide bonds. The van der Waals surface area contributed by atoms with E-state index in [1.165, 1.54) is 17.5 Å². The zero-order valence-corrected chi connectivity index (χ0v) is 12.4. The van der Waals surface area contributed by atoms with E-state index in [0.717, 1.165) is 13.0 Å². The lowest BCUT2D eigenvalue weighted by atomic mass is 10.0. The van der Waals surface area contributed by atoms with Gasteiger partial charge in [0.1, 0.15) is 0 Å². The Bertz CT molecular complexity index is 341. The lowest BCUT2D eigenvalue weighted by Gasteiger charge is -2.19. The minimum Gasteiger partial charge on any atom is -0.379 e. The highest BCUT2D eigenvalue weighted by atomic mass is 16.5. The van der Waals surface area contributed by atoms with Gasteiger partial charge in [-0.1, -0.05) is 37.6 Å². The van der Waals surface area contributed by atoms with Crippen molar-refractivity contribution in [3.8, 4) is 0 Å². The first-order valence-corrected chi connectivity index (χ1v) is 7.17. The van der Waals surface area contributed by atoms with Crippen LogP contribution in [0.1, 0.15) is 36.9 Å². The molecule has 1 unspecified atom stereocenters. The molecule has 3 nitrogen and oxygen atoms in total. The van der Waals surface area contributed by atoms with E-state index in [-0.39, 0.29) is 6.04 Å². The lowest BCUT2D eigenvalue weighted by Crippen LogP contribution is -2.23. The highest BCUT2D eigenvalue weighted by Crippen LogP contribution is 2.17. The fourth-order valence-electron chi connectivity index (χ4n) is 1.97. The second-order valence-corrected chi connectivity index (χ2v) is 4.74. The second kappa shape index (κ2) is 9.96. The van der Waals surface area contributed by atoms with Gasteiger partial charge < -0.3 is 14.8 Å². The zero-order chi connectivity index (χ0) is 13.9. The van der Waals surface area contributed by atoms with Crippen LogP contribution < -0.4 is 5.32 Å². The molecule has 0 saturated heterocycles. The molecule has 0 aliphatic carbocycles. The number of hydrogen-bond acceptors (Lipinski definition) is 3. The molecule has 1 N–H and O–H groups in total. The summed E-state index contributed by atoms with van der Waals surface area (Å²) in [5.74, 6) is 0. The molecule has 1 atom stereocenters. The van der Waals surface area contributed by atoms with Gasteiger partial charge >= 0.3 is 0 Å². The quantitative estimate of drug-likeness (QED) is 0.659. The van der Waals surface area contributed by atoms with Gasteiger partial charge in [0.05, 0.1) is 25.9 Å². The molecule has 1 rings (SSSR count). The Morgan fingerprint density at radius 1 is 1.11 bits per heavy atom. The number of benzene rings is 1. The van der Waals surface area contributed by atoms with Crippen molar-refractivity contribution in [3.05, 3.63) is 35.4 Å². The van der Waals surface area contributed by atoms with Crippen LogP contribution in [-0.2, 0) is 9.47 Å². The molecule has 0 bridgehead atoms. The molecule has 1 aromatic carbocycles. The Kier molecular flexibility index (Phi) is 8.47. The summed E-state index contributed by atoms with van der Waals surface area (Å²) in [6.45, 7) is 7.16. The summed E-state index contributed by atoms with van der Waals surface area (Å²) in [6.07, 6.45) is 2.30. The molecule has 0 spiro atoms. The summed E-state index contributed by atoms with van der Waals surface area (Å²) in [5.41, 5.74) is 2.60. The third kappa shape index (κ3) is 6.19. The molecule has 0 aromatic heterocycles. The van der Waals surface area contributed by atoms with Gasteiger partial charge in [-0.3, -0.25) is 0 Å². The summed E-state index contributed by atoms with van der Waals surface area (Å²) < 4.78 is 11.2. The van der Waals surface area contributed by atoms with Crippen LogP contribution in [0.3, 0.4) is 0 Å². The Balaban J connectivity index is 2.24. The average molecular weight is 265 g/mol. The average Bonchev–Trinajstić information content (AvgIpc) is 2.43. The summed E-state index contributed by atoms with van der Waals surface area (Å²) in [5, 5.41) is 3.30. The molecule has 1 aromatic rings. The van der Waals surface area contributed by atoms with Crippen LogP contribution in [-0.4, -0.2) is 33.5 Å². The van der Waals surface area contributed by atoms with Crippen LogP contribution in [0, 0.1) is 6.92 Å². The molecular formula is C16H27NO2. The number of likely N-dealkylation sites (N-methyl/N-ethyl adjacent to an activating group) is 1. The van der Waals surface area contributed by atoms with Crippen molar-refractivity contribution in [2.24, 2.45) is 0 Å². The highest BCUT2D eigenvalue weighted by Gasteiger charge is 2.10. The van der Waals surface area contributed by atoms with Gasteiger partial charge in [-0.05, 0) is 31.5 Å². The number of unbranched alkanes of at least 4 members (excludes halogenated alkanes) is 1. The van der Waals surface area contributed by atoms with Crippen LogP contribution in [0.2, 0.25) is 0 Å². The predicted octanol–water partition coefficient (Wildman–Crippen LogP) is 3.09. The second-order valence-electron chi connectivity index (χ2n) is 4.74. The first-order valence-electron chi connectivity index (χ1n) is 7.17. The number of rotatable bonds is 10. The molecule has 0 aliphatic heterocycles. The van der Waals surface area contributed by atoms with Crippen LogP contribution in [0.5, 0.6) is 0 Å². The number of ether oxygens (including phenoxy) is 2. The van der Waals surface area contributed by atoms with Gasteiger partial charge in [-0.25, -0.2) is 0 Å². The van der Waals surface area contributed by atoms with Crippen molar-refractivity contribution in [1.82, 2.24) is 5.32 Å². The van der Waals surface area contributed by atoms with Crippen molar-refractivity contribution in [3.63, 3.8) is 0 Å². The number of nitrogens with one attached hydrogen (secondary N) is 1. The molecule has 19 heavy (non-hydrogen) atoms. The van der Waals surface area contributed by atoms with Crippen LogP contribution in [0.4, 0.5) is 0 Å². The van der Waals surface area contributed by atoms with E-state index >= 15 is 0 Å². The van der Waals surface area contributed by atoms with Crippen LogP contribution >= 0.6 is 0 Å². The van der Waals surface area contributed by atoms with E-state index in [1.54, 1.807) is 0 Å². The molecule has 3 heteroatoms. The molecule has 0 fully saturated rings. The van der Waals surface area contributed by atoms with E-state index in [4.69, 9.17) is 9.47 Å². The maximum Gasteiger partial charge on any atom is 0.0701 e. The van der Waals surface area contributed by atoms with Gasteiger partial charge in [0.15, 0.2) is 0 Å². The van der Waals surface area contributed by atoms with Gasteiger partial charge in [0.2, 0.25) is 0 Å². The predicted molar refractivity (Wildman–Crippen MR) is 79.5 cm³/mol. The normalized spacial score (nSPS) is 12.6. The minimum atomic E-state index is 0.247. The lowest BCUT2D eigenvalue weighted by molar-refractivity contribution is 0.0387. The topological polar surface area (TPSA) is 30.5 Å². The minimum absolute atomic E-state index is 0.247. The fourth-order valence-corrected chi connectivity index (χ4v) is 1.97. The molecule has 0 saturated carbocycles. The Morgan fingerprint density at radius 2 is 1.84 bits per heavy atom. The fraction of sp³-hybridized carbons (Fsp3) is 0.625. The standard InChI is InChI=1S/C16H27NO2/c1-4-5-10-18-11-12-19-13-16(17-3)15-9-7-6-8-14(15)2/h6-9,16-17H,4-5,10-13H2,1-3H3. The van der Waals surface area contributed by atoms with Gasteiger partial charge in [0.25, 0.3) is 0 Å². The monoisotopic (exact) mass is 265 g/mol. The van der Waals surface area contributed by atoms with Crippen molar-refractivity contribution in [1.29, 1.82) is 0 Å². The van der Waals surface area contributed by atoms with Gasteiger partial charge in [-0.2, -0.15) is 0 Å². The molecule has 108 valence electrons. The number of aryl methyl sites for hydroxylation is 1. The van der Waals surface area contributed by atoms with Crippen molar-refractivity contribution < 1.29 is 9.47 Å². The molecular weight excluding hydrogens is 238 g/mol. The van der Waals surface area contributed by atoms with E-state index in [1.807, 2.05) is 7.05 Å². The molecule has 0 heterocycles. The Morgan fingerprint density at radius 3 is 2.53 bits per heavy atom. The SMILES string of the molecule is CCCCOCCOCC(NC)c1ccccc1C. The third-order valence-corrected chi connectivity index (χ3v) is 3.21. The Labute approximate surface area is 117 Å². The highest BCUT2D eigenvalue weighted by molar-refractivity contribution is 5.28. The molecule has 0 radical (unpaired) electrons. The van der Waals surface area contributed by atoms with E-state index in [9.17, 15) is 0 Å². The summed E-state index contributed by atoms with van der Waals surface area (Å²) >= 11 is 0. The Hall–Kier alpha value is -0.900. The van der Waals surface area contributed by atoms with Gasteiger partial charge in [-0.15, -0.1) is 0 Å². The third-order valence-electron chi connectivity index (χ3n) is 3.21. The van der Waals surface area contributed by atoms with Crippen molar-refractivity contribution >= 4 is 0 Å². The van der Waals surface area contributed by atoms with Crippen LogP contribution in [0.25, 0.3) is 0 Å². The number of hydrogen-bond donors (Lipinski definition) is 1. The first kappa shape index (κ1) is 16.2. The summed E-state index contributed by atoms with van der Waals surface area (Å²) in [7, 11) is 1.97. The maximum atomic E-state index is 5.69. The van der Waals surface area contributed by atoms with E-state index in [2.05, 4.69) is 43.4 Å². The first-order chi connectivity index (χ1) is 9.29. The zero-order valence-electron chi connectivity index (χ0n) is 12.4. The van der Waals surface area contributed by atoms with Crippen LogP contribution in [0.15, 0.2) is 24.3 Å².